The van der Waals surface area contributed by atoms with Gasteiger partial charge < -0.3 is 0 Å². The predicted octanol–water partition coefficient (Wildman–Crippen LogP) is 3.78. The average Bonchev–Trinajstić information content (AvgIpc) is 1.98. The molecule has 2 atom stereocenters. The van der Waals surface area contributed by atoms with Crippen LogP contribution in [0.4, 0.5) is 0 Å². The van der Waals surface area contributed by atoms with Gasteiger partial charge >= 0.3 is 0 Å². The fourth-order valence-electron chi connectivity index (χ4n) is 1.91. The maximum absolute atomic E-state index is 2.50. The molecule has 0 radical (unpaired) electrons. The monoisotopic (exact) mass is 152 g/mol. The van der Waals surface area contributed by atoms with E-state index in [-0.39, 0.29) is 0 Å². The lowest BCUT2D eigenvalue weighted by molar-refractivity contribution is 0.433. The summed E-state index contributed by atoms with van der Waals surface area (Å²) in [4.78, 5) is 0. The third-order valence-corrected chi connectivity index (χ3v) is 2.91. The smallest absolute Gasteiger partial charge is 0.0231 e. The van der Waals surface area contributed by atoms with Crippen molar-refractivity contribution in [3.05, 3.63) is 11.6 Å². The molecule has 0 saturated carbocycles. The van der Waals surface area contributed by atoms with Crippen molar-refractivity contribution in [2.75, 3.05) is 0 Å². The molecular formula is C11H20. The van der Waals surface area contributed by atoms with E-state index in [4.69, 9.17) is 0 Å². The number of allylic oxidation sites excluding steroid dienone is 2. The van der Waals surface area contributed by atoms with Crippen LogP contribution in [-0.2, 0) is 0 Å². The number of rotatable bonds is 2. The van der Waals surface area contributed by atoms with Crippen LogP contribution in [0.15, 0.2) is 11.6 Å². The minimum atomic E-state index is 0.850. The highest BCUT2D eigenvalue weighted by Crippen LogP contribution is 2.29. The highest BCUT2D eigenvalue weighted by Gasteiger charge is 2.15. The van der Waals surface area contributed by atoms with Gasteiger partial charge in [-0.25, -0.2) is 0 Å². The van der Waals surface area contributed by atoms with E-state index in [0.29, 0.717) is 0 Å². The van der Waals surface area contributed by atoms with Crippen LogP contribution in [0.3, 0.4) is 0 Å². The molecule has 0 aromatic carbocycles. The minimum absolute atomic E-state index is 0.850. The van der Waals surface area contributed by atoms with Crippen LogP contribution in [0, 0.1) is 11.8 Å². The lowest BCUT2D eigenvalue weighted by atomic mass is 9.82. The molecule has 1 aliphatic carbocycles. The number of hydrogen-bond acceptors (Lipinski definition) is 0. The summed E-state index contributed by atoms with van der Waals surface area (Å²) in [5.74, 6) is 1.75. The Morgan fingerprint density at radius 3 is 2.73 bits per heavy atom. The summed E-state index contributed by atoms with van der Waals surface area (Å²) < 4.78 is 0. The van der Waals surface area contributed by atoms with Crippen molar-refractivity contribution in [1.82, 2.24) is 0 Å². The Morgan fingerprint density at radius 1 is 1.45 bits per heavy atom. The molecule has 0 heterocycles. The largest absolute Gasteiger partial charge is 0.0822 e. The summed E-state index contributed by atoms with van der Waals surface area (Å²) in [7, 11) is 0. The van der Waals surface area contributed by atoms with Crippen LogP contribution in [0.25, 0.3) is 0 Å². The molecule has 1 aliphatic rings. The zero-order chi connectivity index (χ0) is 8.27. The lowest BCUT2D eigenvalue weighted by Crippen LogP contribution is -2.09. The van der Waals surface area contributed by atoms with Crippen LogP contribution >= 0.6 is 0 Å². The Kier molecular flexibility index (Phi) is 3.16. The van der Waals surface area contributed by atoms with E-state index in [1.165, 1.54) is 25.7 Å². The second kappa shape index (κ2) is 3.94. The average molecular weight is 152 g/mol. The van der Waals surface area contributed by atoms with Crippen molar-refractivity contribution in [3.63, 3.8) is 0 Å². The van der Waals surface area contributed by atoms with E-state index in [1.54, 1.807) is 5.57 Å². The second-order valence-corrected chi connectivity index (χ2v) is 3.94. The van der Waals surface area contributed by atoms with Crippen molar-refractivity contribution in [1.29, 1.82) is 0 Å². The first-order valence-electron chi connectivity index (χ1n) is 4.92. The zero-order valence-electron chi connectivity index (χ0n) is 8.06. The second-order valence-electron chi connectivity index (χ2n) is 3.94. The molecule has 0 N–H and O–H groups in total. The van der Waals surface area contributed by atoms with Gasteiger partial charge in [0.25, 0.3) is 0 Å². The first-order chi connectivity index (χ1) is 5.24. The molecule has 0 saturated heterocycles. The maximum Gasteiger partial charge on any atom is -0.0231 e. The molecule has 0 fully saturated rings. The van der Waals surface area contributed by atoms with Crippen molar-refractivity contribution >= 4 is 0 Å². The van der Waals surface area contributed by atoms with E-state index in [1.807, 2.05) is 0 Å². The predicted molar refractivity (Wildman–Crippen MR) is 50.6 cm³/mol. The van der Waals surface area contributed by atoms with Gasteiger partial charge in [-0.2, -0.15) is 0 Å². The molecule has 1 rings (SSSR count). The van der Waals surface area contributed by atoms with E-state index in [0.717, 1.165) is 11.8 Å². The summed E-state index contributed by atoms with van der Waals surface area (Å²) in [5.41, 5.74) is 1.62. The first kappa shape index (κ1) is 8.83. The highest BCUT2D eigenvalue weighted by atomic mass is 14.2. The van der Waals surface area contributed by atoms with Gasteiger partial charge in [-0.05, 0) is 38.0 Å². The summed E-state index contributed by atoms with van der Waals surface area (Å²) in [6.07, 6.45) is 8.06. The Balaban J connectivity index is 2.48. The van der Waals surface area contributed by atoms with Crippen molar-refractivity contribution in [3.8, 4) is 0 Å². The molecule has 0 aliphatic heterocycles. The van der Waals surface area contributed by atoms with Gasteiger partial charge in [-0.3, -0.25) is 0 Å². The molecule has 0 amide bonds. The van der Waals surface area contributed by atoms with Crippen molar-refractivity contribution < 1.29 is 0 Å². The third-order valence-electron chi connectivity index (χ3n) is 2.91. The van der Waals surface area contributed by atoms with E-state index in [9.17, 15) is 0 Å². The molecular weight excluding hydrogens is 132 g/mol. The Morgan fingerprint density at radius 2 is 2.18 bits per heavy atom. The SMILES string of the molecule is CCCC1C=C(C)C(C)CC1. The fraction of sp³-hybridized carbons (Fsp3) is 0.818. The quantitative estimate of drug-likeness (QED) is 0.528. The van der Waals surface area contributed by atoms with Crippen LogP contribution in [0.2, 0.25) is 0 Å². The highest BCUT2D eigenvalue weighted by molar-refractivity contribution is 5.08. The molecule has 0 aromatic heterocycles. The van der Waals surface area contributed by atoms with Gasteiger partial charge in [-0.1, -0.05) is 31.9 Å². The maximum atomic E-state index is 2.50. The van der Waals surface area contributed by atoms with Crippen LogP contribution in [0.1, 0.15) is 46.5 Å². The Hall–Kier alpha value is -0.260. The number of hydrogen-bond donors (Lipinski definition) is 0. The van der Waals surface area contributed by atoms with Gasteiger partial charge in [0.1, 0.15) is 0 Å². The molecule has 0 nitrogen and oxygen atoms in total. The zero-order valence-corrected chi connectivity index (χ0v) is 8.06. The van der Waals surface area contributed by atoms with E-state index >= 15 is 0 Å². The van der Waals surface area contributed by atoms with Crippen molar-refractivity contribution in [2.45, 2.75) is 46.5 Å². The van der Waals surface area contributed by atoms with Crippen molar-refractivity contribution in [2.24, 2.45) is 11.8 Å². The first-order valence-corrected chi connectivity index (χ1v) is 4.92. The minimum Gasteiger partial charge on any atom is -0.0822 e. The Bertz CT molecular complexity index is 144. The molecule has 64 valence electrons. The van der Waals surface area contributed by atoms with Crippen LogP contribution in [0.5, 0.6) is 0 Å². The normalized spacial score (nSPS) is 31.7. The summed E-state index contributed by atoms with van der Waals surface area (Å²) in [6, 6.07) is 0. The van der Waals surface area contributed by atoms with Gasteiger partial charge in [0.15, 0.2) is 0 Å². The van der Waals surface area contributed by atoms with E-state index in [2.05, 4.69) is 26.8 Å². The fourth-order valence-corrected chi connectivity index (χ4v) is 1.91. The summed E-state index contributed by atoms with van der Waals surface area (Å²) in [6.45, 7) is 6.90. The molecule has 0 bridgehead atoms. The van der Waals surface area contributed by atoms with Crippen LogP contribution < -0.4 is 0 Å². The van der Waals surface area contributed by atoms with E-state index < -0.39 is 0 Å². The molecule has 0 heteroatoms. The molecule has 11 heavy (non-hydrogen) atoms. The van der Waals surface area contributed by atoms with Crippen LogP contribution in [-0.4, -0.2) is 0 Å². The molecule has 0 aromatic rings. The third kappa shape index (κ3) is 2.36. The van der Waals surface area contributed by atoms with Gasteiger partial charge in [0, 0.05) is 0 Å². The van der Waals surface area contributed by atoms with Gasteiger partial charge in [-0.15, -0.1) is 0 Å². The Labute approximate surface area is 70.7 Å². The summed E-state index contributed by atoms with van der Waals surface area (Å²) >= 11 is 0. The lowest BCUT2D eigenvalue weighted by Gasteiger charge is -2.23. The molecule has 0 spiro atoms. The summed E-state index contributed by atoms with van der Waals surface area (Å²) in [5, 5.41) is 0. The topological polar surface area (TPSA) is 0 Å². The van der Waals surface area contributed by atoms with Gasteiger partial charge in [0.05, 0.1) is 0 Å². The standard InChI is InChI=1S/C11H20/c1-4-5-11-7-6-9(2)10(3)8-11/h8-9,11H,4-7H2,1-3H3. The van der Waals surface area contributed by atoms with Gasteiger partial charge in [0.2, 0.25) is 0 Å². The molecule has 2 unspecified atom stereocenters.